The van der Waals surface area contributed by atoms with Gasteiger partial charge in [-0.3, -0.25) is 4.79 Å². The summed E-state index contributed by atoms with van der Waals surface area (Å²) in [5.41, 5.74) is 5.50. The van der Waals surface area contributed by atoms with E-state index in [0.29, 0.717) is 16.9 Å². The van der Waals surface area contributed by atoms with Gasteiger partial charge >= 0.3 is 0 Å². The van der Waals surface area contributed by atoms with Crippen LogP contribution < -0.4 is 10.2 Å². The van der Waals surface area contributed by atoms with E-state index >= 15 is 0 Å². The Hall–Kier alpha value is -2.29. The van der Waals surface area contributed by atoms with Crippen LogP contribution in [-0.4, -0.2) is 7.11 Å². The standard InChI is InChI=1S/C22H30O3/c1-9-10-14(2)11-15(3)12-16(4)13-17(5)21-18(6)20(23)19(7)22(24-8)25-21/h10-13H,9H2,1-8H3/b14-10+,15-11+,16-12-,17-13+. The fraction of sp³-hybridized carbons (Fsp3) is 0.409. The van der Waals surface area contributed by atoms with Crippen LogP contribution in [0.15, 0.2) is 50.2 Å². The molecule has 0 radical (unpaired) electrons. The van der Waals surface area contributed by atoms with Crippen molar-refractivity contribution in [2.75, 3.05) is 7.11 Å². The van der Waals surface area contributed by atoms with Gasteiger partial charge in [0.25, 0.3) is 5.95 Å². The lowest BCUT2D eigenvalue weighted by atomic mass is 10.0. The average molecular weight is 342 g/mol. The number of methoxy groups -OCH3 is 1. The molecule has 0 N–H and O–H groups in total. The molecule has 25 heavy (non-hydrogen) atoms. The molecule has 1 rings (SSSR count). The Morgan fingerprint density at radius 1 is 0.960 bits per heavy atom. The lowest BCUT2D eigenvalue weighted by molar-refractivity contribution is 0.288. The zero-order chi connectivity index (χ0) is 19.1. The smallest absolute Gasteiger partial charge is 0.291 e. The number of hydrogen-bond acceptors (Lipinski definition) is 3. The van der Waals surface area contributed by atoms with Crippen molar-refractivity contribution in [3.63, 3.8) is 0 Å². The summed E-state index contributed by atoms with van der Waals surface area (Å²) < 4.78 is 11.0. The summed E-state index contributed by atoms with van der Waals surface area (Å²) in [6.07, 6.45) is 9.54. The van der Waals surface area contributed by atoms with Crippen LogP contribution in [0, 0.1) is 13.8 Å². The number of rotatable bonds is 6. The SMILES string of the molecule is CC/C=C(C)/C=C(C)/C=C(C)\C=C(/C)c1oc(OC)c(C)c(=O)c1C. The third-order valence-electron chi connectivity index (χ3n) is 3.95. The first-order valence-electron chi connectivity index (χ1n) is 8.61. The molecular formula is C22H30O3. The predicted molar refractivity (Wildman–Crippen MR) is 106 cm³/mol. The molecule has 1 heterocycles. The Bertz CT molecular complexity index is 799. The molecule has 0 aromatic carbocycles. The molecule has 0 spiro atoms. The van der Waals surface area contributed by atoms with Crippen molar-refractivity contribution in [2.45, 2.75) is 54.9 Å². The fourth-order valence-corrected chi connectivity index (χ4v) is 2.88. The minimum absolute atomic E-state index is 0.0381. The van der Waals surface area contributed by atoms with Crippen molar-refractivity contribution >= 4 is 5.57 Å². The van der Waals surface area contributed by atoms with Gasteiger partial charge in [-0.1, -0.05) is 47.9 Å². The molecule has 0 aliphatic carbocycles. The van der Waals surface area contributed by atoms with Crippen LogP contribution in [0.5, 0.6) is 5.95 Å². The van der Waals surface area contributed by atoms with E-state index in [4.69, 9.17) is 9.15 Å². The fourth-order valence-electron chi connectivity index (χ4n) is 2.88. The van der Waals surface area contributed by atoms with Crippen molar-refractivity contribution in [3.8, 4) is 5.95 Å². The van der Waals surface area contributed by atoms with Gasteiger partial charge in [-0.15, -0.1) is 0 Å². The van der Waals surface area contributed by atoms with Crippen molar-refractivity contribution in [1.82, 2.24) is 0 Å². The second kappa shape index (κ2) is 9.26. The van der Waals surface area contributed by atoms with Gasteiger partial charge in [-0.05, 0) is 53.5 Å². The predicted octanol–water partition coefficient (Wildman–Crippen LogP) is 5.92. The summed E-state index contributed by atoms with van der Waals surface area (Å²) in [6, 6.07) is 0. The van der Waals surface area contributed by atoms with Crippen LogP contribution in [0.25, 0.3) is 5.57 Å². The van der Waals surface area contributed by atoms with Gasteiger partial charge in [-0.25, -0.2) is 0 Å². The molecule has 3 nitrogen and oxygen atoms in total. The van der Waals surface area contributed by atoms with E-state index in [0.717, 1.165) is 17.6 Å². The van der Waals surface area contributed by atoms with Crippen molar-refractivity contribution in [1.29, 1.82) is 0 Å². The second-order valence-electron chi connectivity index (χ2n) is 6.46. The minimum atomic E-state index is -0.0381. The Morgan fingerprint density at radius 3 is 2.08 bits per heavy atom. The molecule has 1 aromatic heterocycles. The van der Waals surface area contributed by atoms with E-state index in [-0.39, 0.29) is 11.4 Å². The second-order valence-corrected chi connectivity index (χ2v) is 6.46. The molecule has 0 bridgehead atoms. The zero-order valence-corrected chi connectivity index (χ0v) is 16.7. The molecule has 0 saturated carbocycles. The third-order valence-corrected chi connectivity index (χ3v) is 3.95. The van der Waals surface area contributed by atoms with Crippen molar-refractivity contribution in [2.24, 2.45) is 0 Å². The Balaban J connectivity index is 3.25. The average Bonchev–Trinajstić information content (AvgIpc) is 2.52. The Kier molecular flexibility index (Phi) is 7.69. The van der Waals surface area contributed by atoms with Gasteiger partial charge in [-0.2, -0.15) is 0 Å². The summed E-state index contributed by atoms with van der Waals surface area (Å²) in [4.78, 5) is 12.3. The molecule has 0 amide bonds. The summed E-state index contributed by atoms with van der Waals surface area (Å²) in [5, 5.41) is 0. The normalized spacial score (nSPS) is 14.1. The molecule has 0 saturated heterocycles. The molecule has 136 valence electrons. The quantitative estimate of drug-likeness (QED) is 0.603. The first-order chi connectivity index (χ1) is 11.7. The maximum atomic E-state index is 12.3. The lowest BCUT2D eigenvalue weighted by Crippen LogP contribution is -2.12. The van der Waals surface area contributed by atoms with Gasteiger partial charge < -0.3 is 9.15 Å². The maximum absolute atomic E-state index is 12.3. The van der Waals surface area contributed by atoms with Crippen LogP contribution in [0.4, 0.5) is 0 Å². The number of ether oxygens (including phenoxy) is 1. The van der Waals surface area contributed by atoms with Gasteiger partial charge in [0.2, 0.25) is 0 Å². The summed E-state index contributed by atoms with van der Waals surface area (Å²) in [7, 11) is 1.51. The van der Waals surface area contributed by atoms with E-state index in [2.05, 4.69) is 39.0 Å². The van der Waals surface area contributed by atoms with Crippen LogP contribution in [0.1, 0.15) is 57.9 Å². The molecule has 0 fully saturated rings. The van der Waals surface area contributed by atoms with Crippen LogP contribution in [0.2, 0.25) is 0 Å². The molecule has 0 aliphatic heterocycles. The molecular weight excluding hydrogens is 312 g/mol. The van der Waals surface area contributed by atoms with Gasteiger partial charge in [0.1, 0.15) is 5.76 Å². The molecule has 0 atom stereocenters. The Morgan fingerprint density at radius 2 is 1.52 bits per heavy atom. The van der Waals surface area contributed by atoms with Gasteiger partial charge in [0.05, 0.1) is 12.7 Å². The highest BCUT2D eigenvalue weighted by Gasteiger charge is 2.15. The highest BCUT2D eigenvalue weighted by molar-refractivity contribution is 5.65. The minimum Gasteiger partial charge on any atom is -0.468 e. The highest BCUT2D eigenvalue weighted by atomic mass is 16.6. The largest absolute Gasteiger partial charge is 0.468 e. The third kappa shape index (κ3) is 5.63. The van der Waals surface area contributed by atoms with Crippen LogP contribution >= 0.6 is 0 Å². The van der Waals surface area contributed by atoms with Gasteiger partial charge in [0, 0.05) is 5.56 Å². The van der Waals surface area contributed by atoms with Crippen molar-refractivity contribution in [3.05, 3.63) is 68.1 Å². The maximum Gasteiger partial charge on any atom is 0.291 e. The molecule has 3 heteroatoms. The van der Waals surface area contributed by atoms with Crippen molar-refractivity contribution < 1.29 is 9.15 Å². The van der Waals surface area contributed by atoms with E-state index in [1.807, 2.05) is 19.9 Å². The molecule has 0 aliphatic rings. The van der Waals surface area contributed by atoms with E-state index in [9.17, 15) is 4.79 Å². The monoisotopic (exact) mass is 342 g/mol. The molecule has 0 unspecified atom stereocenters. The van der Waals surface area contributed by atoms with Crippen LogP contribution in [-0.2, 0) is 0 Å². The summed E-state index contributed by atoms with van der Waals surface area (Å²) in [5.74, 6) is 0.847. The lowest BCUT2D eigenvalue weighted by Gasteiger charge is -2.10. The van der Waals surface area contributed by atoms with E-state index in [1.54, 1.807) is 13.8 Å². The highest BCUT2D eigenvalue weighted by Crippen LogP contribution is 2.25. The number of allylic oxidation sites excluding steroid dienone is 8. The van der Waals surface area contributed by atoms with Gasteiger partial charge in [0.15, 0.2) is 5.43 Å². The first-order valence-corrected chi connectivity index (χ1v) is 8.61. The topological polar surface area (TPSA) is 39.4 Å². The summed E-state index contributed by atoms with van der Waals surface area (Å²) in [6.45, 7) is 13.8. The number of hydrogen-bond donors (Lipinski definition) is 0. The van der Waals surface area contributed by atoms with E-state index in [1.165, 1.54) is 18.3 Å². The summed E-state index contributed by atoms with van der Waals surface area (Å²) >= 11 is 0. The molecule has 1 aromatic rings. The first kappa shape index (κ1) is 20.8. The van der Waals surface area contributed by atoms with Crippen LogP contribution in [0.3, 0.4) is 0 Å². The Labute approximate surface area is 151 Å². The van der Waals surface area contributed by atoms with E-state index < -0.39 is 0 Å². The zero-order valence-electron chi connectivity index (χ0n) is 16.7.